The molecule has 10 heteroatoms. The van der Waals surface area contributed by atoms with Gasteiger partial charge in [0.05, 0.1) is 21.7 Å². The van der Waals surface area contributed by atoms with Crippen LogP contribution < -0.4 is 10.6 Å². The quantitative estimate of drug-likeness (QED) is 0.679. The third kappa shape index (κ3) is 5.07. The predicted molar refractivity (Wildman–Crippen MR) is 92.2 cm³/mol. The second kappa shape index (κ2) is 7.28. The van der Waals surface area contributed by atoms with Gasteiger partial charge in [0.15, 0.2) is 25.4 Å². The normalized spacial score (nSPS) is 11.9. The lowest BCUT2D eigenvalue weighted by Gasteiger charge is -2.12. The van der Waals surface area contributed by atoms with Gasteiger partial charge in [0.25, 0.3) is 5.91 Å². The summed E-state index contributed by atoms with van der Waals surface area (Å²) in [6.07, 6.45) is 3.39. The minimum absolute atomic E-state index is 0.0791. The molecule has 0 atom stereocenters. The fourth-order valence-electron chi connectivity index (χ4n) is 2.05. The monoisotopic (exact) mass is 386 g/mol. The maximum Gasteiger partial charge on any atom is 0.287 e. The molecular weight excluding hydrogens is 368 g/mol. The number of amides is 1. The Morgan fingerprint density at radius 1 is 1.04 bits per heavy atom. The molecule has 0 aliphatic rings. The van der Waals surface area contributed by atoms with Crippen LogP contribution in [0.25, 0.3) is 0 Å². The fraction of sp³-hybridized carbons (Fsp3) is 0.267. The van der Waals surface area contributed by atoms with Gasteiger partial charge >= 0.3 is 0 Å². The van der Waals surface area contributed by atoms with Gasteiger partial charge in [-0.15, -0.1) is 0 Å². The van der Waals surface area contributed by atoms with Gasteiger partial charge in [0, 0.05) is 25.6 Å². The average Bonchev–Trinajstić information content (AvgIpc) is 3.04. The molecule has 2 rings (SSSR count). The van der Waals surface area contributed by atoms with Gasteiger partial charge < -0.3 is 15.1 Å². The van der Waals surface area contributed by atoms with E-state index in [4.69, 9.17) is 4.42 Å². The maximum absolute atomic E-state index is 11.9. The first kappa shape index (κ1) is 19.0. The minimum Gasteiger partial charge on any atom is -0.459 e. The Hall–Kier alpha value is -2.33. The van der Waals surface area contributed by atoms with Crippen LogP contribution in [0.3, 0.4) is 0 Å². The highest BCUT2D eigenvalue weighted by atomic mass is 32.2. The Morgan fingerprint density at radius 3 is 2.32 bits per heavy atom. The van der Waals surface area contributed by atoms with E-state index in [2.05, 4.69) is 10.6 Å². The number of benzene rings is 1. The van der Waals surface area contributed by atoms with E-state index in [-0.39, 0.29) is 40.2 Å². The summed E-state index contributed by atoms with van der Waals surface area (Å²) in [6.45, 7) is 0.462. The molecule has 2 aromatic rings. The Balaban J connectivity index is 2.07. The predicted octanol–water partition coefficient (Wildman–Crippen LogP) is 0.928. The topological polar surface area (TPSA) is 123 Å². The number of anilines is 1. The van der Waals surface area contributed by atoms with E-state index in [9.17, 15) is 21.6 Å². The fourth-order valence-corrected chi connectivity index (χ4v) is 3.66. The molecule has 0 aliphatic carbocycles. The third-order valence-corrected chi connectivity index (χ3v) is 5.50. The summed E-state index contributed by atoms with van der Waals surface area (Å²) in [5.41, 5.74) is 0.266. The summed E-state index contributed by atoms with van der Waals surface area (Å²) in [5, 5.41) is 5.49. The van der Waals surface area contributed by atoms with Crippen molar-refractivity contribution in [3.8, 4) is 0 Å². The van der Waals surface area contributed by atoms with Crippen molar-refractivity contribution in [3.63, 3.8) is 0 Å². The summed E-state index contributed by atoms with van der Waals surface area (Å²) >= 11 is 0. The van der Waals surface area contributed by atoms with Crippen LogP contribution in [-0.4, -0.2) is 48.3 Å². The molecule has 2 N–H and O–H groups in total. The highest BCUT2D eigenvalue weighted by molar-refractivity contribution is 7.91. The Bertz CT molecular complexity index is 963. The molecule has 1 heterocycles. The molecule has 0 fully saturated rings. The first-order chi connectivity index (χ1) is 11.6. The molecule has 1 amide bonds. The van der Waals surface area contributed by atoms with E-state index in [1.165, 1.54) is 24.5 Å². The molecule has 136 valence electrons. The maximum atomic E-state index is 11.9. The molecule has 0 saturated carbocycles. The second-order valence-corrected chi connectivity index (χ2v) is 9.36. The number of rotatable bonds is 7. The van der Waals surface area contributed by atoms with E-state index >= 15 is 0 Å². The van der Waals surface area contributed by atoms with E-state index in [0.717, 1.165) is 18.6 Å². The SMILES string of the molecule is CS(=O)(=O)c1ccc(NCCNC(=O)c2ccco2)c(S(C)(=O)=O)c1. The van der Waals surface area contributed by atoms with E-state index in [1.54, 1.807) is 6.07 Å². The molecule has 1 aromatic heterocycles. The van der Waals surface area contributed by atoms with Crippen LogP contribution in [0.5, 0.6) is 0 Å². The zero-order valence-corrected chi connectivity index (χ0v) is 15.3. The number of hydrogen-bond donors (Lipinski definition) is 2. The molecule has 0 unspecified atom stereocenters. The van der Waals surface area contributed by atoms with Crippen LogP contribution in [0.4, 0.5) is 5.69 Å². The van der Waals surface area contributed by atoms with Crippen LogP contribution in [0.15, 0.2) is 50.8 Å². The Kier molecular flexibility index (Phi) is 5.53. The lowest BCUT2D eigenvalue weighted by atomic mass is 10.3. The number of carbonyl (C=O) groups is 1. The summed E-state index contributed by atoms with van der Waals surface area (Å²) in [6, 6.07) is 6.95. The van der Waals surface area contributed by atoms with Gasteiger partial charge in [-0.05, 0) is 30.3 Å². The zero-order chi connectivity index (χ0) is 18.7. The Labute approximate surface area is 146 Å². The van der Waals surface area contributed by atoms with Crippen molar-refractivity contribution in [1.82, 2.24) is 5.32 Å². The van der Waals surface area contributed by atoms with Crippen LogP contribution in [0.1, 0.15) is 10.6 Å². The molecule has 0 bridgehead atoms. The van der Waals surface area contributed by atoms with Crippen molar-refractivity contribution in [2.75, 3.05) is 30.9 Å². The molecule has 0 aliphatic heterocycles. The molecule has 8 nitrogen and oxygen atoms in total. The molecule has 0 spiro atoms. The van der Waals surface area contributed by atoms with Crippen LogP contribution in [-0.2, 0) is 19.7 Å². The van der Waals surface area contributed by atoms with E-state index in [0.29, 0.717) is 0 Å². The third-order valence-electron chi connectivity index (χ3n) is 3.25. The lowest BCUT2D eigenvalue weighted by Crippen LogP contribution is -2.28. The number of furan rings is 1. The van der Waals surface area contributed by atoms with Gasteiger partial charge in [-0.2, -0.15) is 0 Å². The van der Waals surface area contributed by atoms with Gasteiger partial charge in [-0.3, -0.25) is 4.79 Å². The number of sulfone groups is 2. The van der Waals surface area contributed by atoms with Crippen LogP contribution in [0, 0.1) is 0 Å². The average molecular weight is 386 g/mol. The largest absolute Gasteiger partial charge is 0.459 e. The van der Waals surface area contributed by atoms with Crippen molar-refractivity contribution in [1.29, 1.82) is 0 Å². The highest BCUT2D eigenvalue weighted by Gasteiger charge is 2.17. The van der Waals surface area contributed by atoms with Crippen molar-refractivity contribution in [2.45, 2.75) is 9.79 Å². The molecule has 25 heavy (non-hydrogen) atoms. The summed E-state index contributed by atoms with van der Waals surface area (Å²) in [5.74, 6) is -0.211. The van der Waals surface area contributed by atoms with Gasteiger partial charge in [-0.1, -0.05) is 0 Å². The smallest absolute Gasteiger partial charge is 0.287 e. The standard InChI is InChI=1S/C15H18N2O6S2/c1-24(19,20)11-5-6-12(14(10-11)25(2,21)22)16-7-8-17-15(18)13-4-3-9-23-13/h3-6,9-10,16H,7-8H2,1-2H3,(H,17,18). The Morgan fingerprint density at radius 2 is 1.76 bits per heavy atom. The van der Waals surface area contributed by atoms with Crippen molar-refractivity contribution in [2.24, 2.45) is 0 Å². The van der Waals surface area contributed by atoms with Crippen molar-refractivity contribution < 1.29 is 26.0 Å². The van der Waals surface area contributed by atoms with Crippen molar-refractivity contribution >= 4 is 31.3 Å². The van der Waals surface area contributed by atoms with Crippen molar-refractivity contribution in [3.05, 3.63) is 42.4 Å². The molecule has 0 saturated heterocycles. The van der Waals surface area contributed by atoms with Crippen LogP contribution >= 0.6 is 0 Å². The number of nitrogens with one attached hydrogen (secondary N) is 2. The highest BCUT2D eigenvalue weighted by Crippen LogP contribution is 2.24. The van der Waals surface area contributed by atoms with Gasteiger partial charge in [0.1, 0.15) is 0 Å². The minimum atomic E-state index is -3.63. The molecule has 0 radical (unpaired) electrons. The summed E-state index contributed by atoms with van der Waals surface area (Å²) in [7, 11) is -7.16. The van der Waals surface area contributed by atoms with Gasteiger partial charge in [-0.25, -0.2) is 16.8 Å². The summed E-state index contributed by atoms with van der Waals surface area (Å²) in [4.78, 5) is 11.5. The number of carbonyl (C=O) groups excluding carboxylic acids is 1. The first-order valence-electron chi connectivity index (χ1n) is 7.19. The van der Waals surface area contributed by atoms with Crippen LogP contribution in [0.2, 0.25) is 0 Å². The van der Waals surface area contributed by atoms with Gasteiger partial charge in [0.2, 0.25) is 0 Å². The lowest BCUT2D eigenvalue weighted by molar-refractivity contribution is 0.0927. The second-order valence-electron chi connectivity index (χ2n) is 5.36. The van der Waals surface area contributed by atoms with E-state index in [1.807, 2.05) is 0 Å². The molecule has 1 aromatic carbocycles. The summed E-state index contributed by atoms with van der Waals surface area (Å²) < 4.78 is 52.0. The van der Waals surface area contributed by atoms with E-state index < -0.39 is 19.7 Å². The first-order valence-corrected chi connectivity index (χ1v) is 11.0. The molecular formula is C15H18N2O6S2. The number of hydrogen-bond acceptors (Lipinski definition) is 7. The zero-order valence-electron chi connectivity index (χ0n) is 13.6.